The molecule has 0 aliphatic heterocycles. The summed E-state index contributed by atoms with van der Waals surface area (Å²) >= 11 is 0. The van der Waals surface area contributed by atoms with Gasteiger partial charge in [-0.05, 0) is 49.6 Å². The zero-order valence-electron chi connectivity index (χ0n) is 17.1. The van der Waals surface area contributed by atoms with Gasteiger partial charge in [-0.25, -0.2) is 14.6 Å². The molecule has 1 aliphatic carbocycles. The minimum atomic E-state index is 0.201. The van der Waals surface area contributed by atoms with Crippen LogP contribution in [0.1, 0.15) is 25.7 Å². The van der Waals surface area contributed by atoms with Crippen LogP contribution in [0.4, 0.5) is 11.6 Å². The molecule has 3 heterocycles. The molecule has 3 aromatic heterocycles. The Balaban J connectivity index is 1.21. The normalized spacial score (nSPS) is 13.8. The molecular formula is C22H24N8O. The van der Waals surface area contributed by atoms with E-state index in [1.54, 1.807) is 11.0 Å². The molecule has 0 atom stereocenters. The number of carbonyl (C=O) groups excluding carboxylic acids is 1. The van der Waals surface area contributed by atoms with Gasteiger partial charge in [0.1, 0.15) is 18.3 Å². The molecule has 9 heteroatoms. The van der Waals surface area contributed by atoms with Crippen LogP contribution in [0.15, 0.2) is 55.4 Å². The molecular weight excluding hydrogens is 392 g/mol. The molecule has 1 aromatic carbocycles. The summed E-state index contributed by atoms with van der Waals surface area (Å²) in [6.45, 7) is 1.47. The van der Waals surface area contributed by atoms with E-state index in [9.17, 15) is 4.79 Å². The number of aromatic nitrogens is 6. The van der Waals surface area contributed by atoms with Gasteiger partial charge in [-0.1, -0.05) is 6.42 Å². The Morgan fingerprint density at radius 1 is 1.16 bits per heavy atom. The van der Waals surface area contributed by atoms with E-state index < -0.39 is 0 Å². The Morgan fingerprint density at radius 2 is 2.03 bits per heavy atom. The smallest absolute Gasteiger partial charge is 0.229 e. The molecule has 1 amide bonds. The van der Waals surface area contributed by atoms with Crippen molar-refractivity contribution in [3.05, 3.63) is 55.4 Å². The topological polar surface area (TPSA) is 103 Å². The first-order valence-corrected chi connectivity index (χ1v) is 10.6. The van der Waals surface area contributed by atoms with Gasteiger partial charge in [0.15, 0.2) is 0 Å². The van der Waals surface area contributed by atoms with E-state index in [1.165, 1.54) is 12.7 Å². The zero-order valence-corrected chi connectivity index (χ0v) is 17.1. The van der Waals surface area contributed by atoms with Crippen molar-refractivity contribution in [1.82, 2.24) is 34.6 Å². The molecule has 4 aromatic rings. The van der Waals surface area contributed by atoms with Gasteiger partial charge in [0, 0.05) is 42.5 Å². The Morgan fingerprint density at radius 3 is 2.77 bits per heavy atom. The van der Waals surface area contributed by atoms with E-state index in [4.69, 9.17) is 4.98 Å². The SMILES string of the molecule is O=C(NCCCn1ccc2cnc(Nc3ccc(-n4cncn4)cc3)nc21)C1CCC1. The van der Waals surface area contributed by atoms with Gasteiger partial charge >= 0.3 is 0 Å². The molecule has 0 bridgehead atoms. The van der Waals surface area contributed by atoms with Crippen molar-refractivity contribution in [3.63, 3.8) is 0 Å². The van der Waals surface area contributed by atoms with Crippen molar-refractivity contribution in [3.8, 4) is 5.69 Å². The van der Waals surface area contributed by atoms with E-state index in [1.807, 2.05) is 42.7 Å². The fraction of sp³-hybridized carbons (Fsp3) is 0.318. The van der Waals surface area contributed by atoms with Gasteiger partial charge in [0.05, 0.1) is 5.69 Å². The largest absolute Gasteiger partial charge is 0.356 e. The summed E-state index contributed by atoms with van der Waals surface area (Å²) in [5.41, 5.74) is 2.69. The third-order valence-electron chi connectivity index (χ3n) is 5.66. The highest BCUT2D eigenvalue weighted by Gasteiger charge is 2.24. The number of carbonyl (C=O) groups is 1. The van der Waals surface area contributed by atoms with Crippen molar-refractivity contribution in [1.29, 1.82) is 0 Å². The first-order chi connectivity index (χ1) is 15.3. The number of anilines is 2. The molecule has 31 heavy (non-hydrogen) atoms. The number of hydrogen-bond donors (Lipinski definition) is 2. The van der Waals surface area contributed by atoms with Crippen LogP contribution in [0.25, 0.3) is 16.7 Å². The molecule has 158 valence electrons. The highest BCUT2D eigenvalue weighted by Crippen LogP contribution is 2.26. The van der Waals surface area contributed by atoms with Crippen molar-refractivity contribution in [2.75, 3.05) is 11.9 Å². The van der Waals surface area contributed by atoms with Crippen LogP contribution in [0, 0.1) is 5.92 Å². The average molecular weight is 416 g/mol. The van der Waals surface area contributed by atoms with Gasteiger partial charge < -0.3 is 15.2 Å². The van der Waals surface area contributed by atoms with Crippen LogP contribution >= 0.6 is 0 Å². The lowest BCUT2D eigenvalue weighted by Crippen LogP contribution is -2.35. The van der Waals surface area contributed by atoms with Gasteiger partial charge in [0.2, 0.25) is 11.9 Å². The van der Waals surface area contributed by atoms with Crippen LogP contribution in [-0.4, -0.2) is 41.8 Å². The molecule has 0 spiro atoms. The summed E-state index contributed by atoms with van der Waals surface area (Å²) in [7, 11) is 0. The van der Waals surface area contributed by atoms with E-state index in [0.717, 1.165) is 48.2 Å². The monoisotopic (exact) mass is 416 g/mol. The summed E-state index contributed by atoms with van der Waals surface area (Å²) in [5.74, 6) is 0.977. The molecule has 1 saturated carbocycles. The van der Waals surface area contributed by atoms with Crippen LogP contribution in [-0.2, 0) is 11.3 Å². The van der Waals surface area contributed by atoms with E-state index in [2.05, 4.69) is 30.3 Å². The lowest BCUT2D eigenvalue weighted by molar-refractivity contribution is -0.127. The summed E-state index contributed by atoms with van der Waals surface area (Å²) in [6.07, 6.45) is 11.1. The molecule has 1 fully saturated rings. The Kier molecular flexibility index (Phi) is 5.30. The van der Waals surface area contributed by atoms with Gasteiger partial charge in [-0.3, -0.25) is 4.79 Å². The standard InChI is InChI=1S/C22H24N8O/c31-21(16-3-1-4-16)24-10-2-11-29-12-9-17-13-25-22(28-20(17)29)27-18-5-7-19(8-6-18)30-15-23-14-26-30/h5-9,12-16H,1-4,10-11H2,(H,24,31)(H,25,27,28). The summed E-state index contributed by atoms with van der Waals surface area (Å²) in [5, 5.41) is 11.4. The number of nitrogens with zero attached hydrogens (tertiary/aromatic N) is 6. The third-order valence-corrected chi connectivity index (χ3v) is 5.66. The molecule has 0 unspecified atom stereocenters. The van der Waals surface area contributed by atoms with Gasteiger partial charge in [-0.15, -0.1) is 0 Å². The molecule has 1 aliphatic rings. The first kappa shape index (κ1) is 19.2. The number of fused-ring (bicyclic) bond motifs is 1. The van der Waals surface area contributed by atoms with Crippen molar-refractivity contribution < 1.29 is 4.79 Å². The number of nitrogens with one attached hydrogen (secondary N) is 2. The van der Waals surface area contributed by atoms with Gasteiger partial charge in [0.25, 0.3) is 0 Å². The highest BCUT2D eigenvalue weighted by atomic mass is 16.1. The second-order valence-corrected chi connectivity index (χ2v) is 7.77. The first-order valence-electron chi connectivity index (χ1n) is 10.6. The summed E-state index contributed by atoms with van der Waals surface area (Å²) in [4.78, 5) is 25.0. The maximum atomic E-state index is 12.0. The van der Waals surface area contributed by atoms with Gasteiger partial charge in [-0.2, -0.15) is 10.1 Å². The second kappa shape index (κ2) is 8.55. The predicted molar refractivity (Wildman–Crippen MR) is 117 cm³/mol. The lowest BCUT2D eigenvalue weighted by Gasteiger charge is -2.24. The minimum Gasteiger partial charge on any atom is -0.356 e. The number of amides is 1. The maximum absolute atomic E-state index is 12.0. The highest BCUT2D eigenvalue weighted by molar-refractivity contribution is 5.79. The van der Waals surface area contributed by atoms with Crippen LogP contribution in [0.5, 0.6) is 0 Å². The van der Waals surface area contributed by atoms with Crippen LogP contribution in [0.3, 0.4) is 0 Å². The summed E-state index contributed by atoms with van der Waals surface area (Å²) < 4.78 is 3.80. The molecule has 2 N–H and O–H groups in total. The second-order valence-electron chi connectivity index (χ2n) is 7.77. The fourth-order valence-corrected chi connectivity index (χ4v) is 3.66. The Bertz CT molecular complexity index is 1160. The average Bonchev–Trinajstić information content (AvgIpc) is 3.41. The molecule has 9 nitrogen and oxygen atoms in total. The number of hydrogen-bond acceptors (Lipinski definition) is 6. The number of benzene rings is 1. The van der Waals surface area contributed by atoms with E-state index >= 15 is 0 Å². The maximum Gasteiger partial charge on any atom is 0.229 e. The van der Waals surface area contributed by atoms with E-state index in [0.29, 0.717) is 12.5 Å². The Hall–Kier alpha value is -3.75. The molecule has 0 saturated heterocycles. The fourth-order valence-electron chi connectivity index (χ4n) is 3.66. The number of aryl methyl sites for hydroxylation is 1. The predicted octanol–water partition coefficient (Wildman–Crippen LogP) is 3.06. The quantitative estimate of drug-likeness (QED) is 0.428. The zero-order chi connectivity index (χ0) is 21.0. The Labute approximate surface area is 179 Å². The number of rotatable bonds is 8. The van der Waals surface area contributed by atoms with Crippen molar-refractivity contribution in [2.45, 2.75) is 32.2 Å². The molecule has 5 rings (SSSR count). The van der Waals surface area contributed by atoms with Crippen LogP contribution < -0.4 is 10.6 Å². The summed E-state index contributed by atoms with van der Waals surface area (Å²) in [6, 6.07) is 9.83. The molecule has 0 radical (unpaired) electrons. The van der Waals surface area contributed by atoms with Crippen LogP contribution in [0.2, 0.25) is 0 Å². The minimum absolute atomic E-state index is 0.201. The van der Waals surface area contributed by atoms with Crippen molar-refractivity contribution in [2.24, 2.45) is 5.92 Å². The lowest BCUT2D eigenvalue weighted by atomic mass is 9.85. The van der Waals surface area contributed by atoms with Crippen molar-refractivity contribution >= 4 is 28.6 Å². The van der Waals surface area contributed by atoms with E-state index in [-0.39, 0.29) is 11.8 Å². The third kappa shape index (κ3) is 4.25.